The fourth-order valence-electron chi connectivity index (χ4n) is 10.3. The van der Waals surface area contributed by atoms with Gasteiger partial charge in [0.15, 0.2) is 6.17 Å². The number of hydrogen-bond donors (Lipinski definition) is 2. The average Bonchev–Trinajstić information content (AvgIpc) is 3.73. The van der Waals surface area contributed by atoms with Crippen molar-refractivity contribution in [2.45, 2.75) is 50.0 Å². The average molecular weight is 838 g/mol. The first kappa shape index (κ1) is 38.3. The van der Waals surface area contributed by atoms with Crippen LogP contribution in [0.3, 0.4) is 0 Å². The lowest BCUT2D eigenvalue weighted by Crippen LogP contribution is -2.69. The molecule has 8 aliphatic heterocycles. The first-order chi connectivity index (χ1) is 30.2. The monoisotopic (exact) mass is 837 g/mol. The molecule has 62 heavy (non-hydrogen) atoms. The van der Waals surface area contributed by atoms with Gasteiger partial charge in [0.05, 0.1) is 22.9 Å². The molecule has 5 saturated heterocycles. The van der Waals surface area contributed by atoms with Crippen LogP contribution in [0.4, 0.5) is 10.5 Å². The van der Waals surface area contributed by atoms with Crippen LogP contribution < -0.4 is 20.7 Å². The number of amidine groups is 1. The van der Waals surface area contributed by atoms with Crippen molar-refractivity contribution in [2.24, 2.45) is 38.6 Å². The van der Waals surface area contributed by atoms with E-state index in [2.05, 4.69) is 25.1 Å². The zero-order chi connectivity index (χ0) is 42.2. The number of amides is 6. The number of rotatable bonds is 8. The Balaban J connectivity index is 0.660. The smallest absolute Gasteiger partial charge is 0.320 e. The zero-order valence-electron chi connectivity index (χ0n) is 34.1. The number of nitrogens with two attached hydrogens (primary N) is 1. The van der Waals surface area contributed by atoms with Crippen LogP contribution in [0.1, 0.15) is 52.0 Å². The lowest BCUT2D eigenvalue weighted by Gasteiger charge is -2.54. The molecular formula is C45H47N11O6. The maximum absolute atomic E-state index is 13.5. The number of carbonyl (C=O) groups is 5. The van der Waals surface area contributed by atoms with E-state index in [1.807, 2.05) is 70.5 Å². The molecule has 4 unspecified atom stereocenters. The van der Waals surface area contributed by atoms with Gasteiger partial charge in [0, 0.05) is 75.8 Å². The number of aliphatic imine (C=N–C) groups is 2. The highest BCUT2D eigenvalue weighted by Crippen LogP contribution is 2.39. The molecular weight excluding hydrogens is 791 g/mol. The molecule has 8 heterocycles. The topological polar surface area (TPSA) is 189 Å². The molecule has 4 atom stereocenters. The Morgan fingerprint density at radius 1 is 0.774 bits per heavy atom. The van der Waals surface area contributed by atoms with E-state index in [0.717, 1.165) is 85.5 Å². The molecule has 3 N–H and O–H groups in total. The number of urea groups is 1. The van der Waals surface area contributed by atoms with Gasteiger partial charge >= 0.3 is 6.03 Å². The normalized spacial score (nSPS) is 26.7. The van der Waals surface area contributed by atoms with Crippen molar-refractivity contribution in [3.63, 3.8) is 0 Å². The van der Waals surface area contributed by atoms with Crippen molar-refractivity contribution in [3.8, 4) is 11.5 Å². The molecule has 11 rings (SSSR count). The third kappa shape index (κ3) is 6.56. The van der Waals surface area contributed by atoms with Gasteiger partial charge in [0.2, 0.25) is 11.8 Å². The van der Waals surface area contributed by atoms with Crippen molar-refractivity contribution in [1.29, 1.82) is 0 Å². The molecule has 0 aromatic heterocycles. The lowest BCUT2D eigenvalue weighted by atomic mass is 9.80. The van der Waals surface area contributed by atoms with Crippen molar-refractivity contribution < 1.29 is 28.7 Å². The molecule has 17 nitrogen and oxygen atoms in total. The van der Waals surface area contributed by atoms with Gasteiger partial charge in [-0.2, -0.15) is 5.10 Å². The number of piperidine rings is 2. The molecule has 8 aliphatic rings. The number of hydrazone groups is 1. The summed E-state index contributed by atoms with van der Waals surface area (Å²) in [4.78, 5) is 82.8. The third-order valence-electron chi connectivity index (χ3n) is 14.0. The van der Waals surface area contributed by atoms with E-state index in [9.17, 15) is 24.0 Å². The number of carbonyl (C=O) groups excluding carboxylic acids is 5. The number of likely N-dealkylation sites (tertiary alicyclic amines) is 3. The fourth-order valence-corrected chi connectivity index (χ4v) is 10.3. The van der Waals surface area contributed by atoms with Crippen LogP contribution in [0, 0.1) is 17.8 Å². The number of hydrogen-bond acceptors (Lipinski definition) is 13. The highest BCUT2D eigenvalue weighted by Gasteiger charge is 2.49. The molecule has 0 saturated carbocycles. The summed E-state index contributed by atoms with van der Waals surface area (Å²) in [5.41, 5.74) is 9.75. The Morgan fingerprint density at radius 3 is 2.27 bits per heavy atom. The van der Waals surface area contributed by atoms with Crippen LogP contribution in [0.5, 0.6) is 11.5 Å². The van der Waals surface area contributed by atoms with E-state index in [4.69, 9.17) is 20.6 Å². The number of anilines is 1. The quantitative estimate of drug-likeness (QED) is 0.319. The molecule has 3 aromatic rings. The molecule has 0 spiro atoms. The molecule has 318 valence electrons. The SMILES string of the molecule is NC1=NC=NC2C1C(c1ccc(Oc3ccccc3)cc1)=NN2C1CCCN(C2CN(C(=O)N3CC(C4CN(c5ccc6c(c5)C(=O)N(C5CCC(=O)NC5=O)C6=O)C4)C3)C2)C1. The fraction of sp³-hybridized carbons (Fsp3) is 0.422. The van der Waals surface area contributed by atoms with Gasteiger partial charge in [-0.3, -0.25) is 39.3 Å². The first-order valence-corrected chi connectivity index (χ1v) is 21.6. The number of para-hydroxylation sites is 1. The number of fused-ring (bicyclic) bond motifs is 2. The molecule has 17 heteroatoms. The molecule has 6 amide bonds. The predicted molar refractivity (Wildman–Crippen MR) is 228 cm³/mol. The minimum absolute atomic E-state index is 0.0816. The Labute approximate surface area is 357 Å². The highest BCUT2D eigenvalue weighted by molar-refractivity contribution is 6.24. The van der Waals surface area contributed by atoms with Gasteiger partial charge in [0.1, 0.15) is 35.6 Å². The number of ether oxygens (including phenoxy) is 1. The summed E-state index contributed by atoms with van der Waals surface area (Å²) in [7, 11) is 0. The van der Waals surface area contributed by atoms with Gasteiger partial charge in [-0.25, -0.2) is 14.8 Å². The number of nitrogens with one attached hydrogen (secondary N) is 1. The minimum atomic E-state index is -0.987. The summed E-state index contributed by atoms with van der Waals surface area (Å²) >= 11 is 0. The summed E-state index contributed by atoms with van der Waals surface area (Å²) < 4.78 is 6.02. The van der Waals surface area contributed by atoms with Crippen LogP contribution in [-0.2, 0) is 9.59 Å². The molecule has 5 fully saturated rings. The predicted octanol–water partition coefficient (Wildman–Crippen LogP) is 2.58. The van der Waals surface area contributed by atoms with E-state index >= 15 is 0 Å². The van der Waals surface area contributed by atoms with Crippen LogP contribution in [0.2, 0.25) is 0 Å². The number of imide groups is 2. The van der Waals surface area contributed by atoms with Gasteiger partial charge in [-0.05, 0) is 86.0 Å². The van der Waals surface area contributed by atoms with Crippen molar-refractivity contribution in [1.82, 2.24) is 29.9 Å². The Kier molecular flexibility index (Phi) is 9.32. The summed E-state index contributed by atoms with van der Waals surface area (Å²) in [6.07, 6.45) is 3.52. The molecule has 3 aromatic carbocycles. The van der Waals surface area contributed by atoms with Crippen LogP contribution in [0.15, 0.2) is 87.9 Å². The second kappa shape index (κ2) is 15.1. The molecule has 0 radical (unpaired) electrons. The summed E-state index contributed by atoms with van der Waals surface area (Å²) in [6.45, 7) is 6.30. The number of benzene rings is 3. The Bertz CT molecular complexity index is 2440. The minimum Gasteiger partial charge on any atom is -0.457 e. The van der Waals surface area contributed by atoms with Gasteiger partial charge < -0.3 is 25.2 Å². The van der Waals surface area contributed by atoms with Crippen LogP contribution in [0.25, 0.3) is 0 Å². The van der Waals surface area contributed by atoms with Crippen LogP contribution in [-0.4, -0.2) is 149 Å². The van der Waals surface area contributed by atoms with Gasteiger partial charge in [-0.15, -0.1) is 0 Å². The lowest BCUT2D eigenvalue weighted by molar-refractivity contribution is -0.136. The van der Waals surface area contributed by atoms with Crippen LogP contribution >= 0.6 is 0 Å². The second-order valence-electron chi connectivity index (χ2n) is 17.7. The summed E-state index contributed by atoms with van der Waals surface area (Å²) in [6, 6.07) is 22.4. The largest absolute Gasteiger partial charge is 0.457 e. The standard InChI is InChI=1S/C45H47N11O6/c46-40-38-39(26-8-11-33(12-9-26)62-32-6-2-1-3-7-32)50-56(41(38)48-25-47-40)30-5-4-16-51(22-30)31-23-54(24-31)45(61)53-20-28(21-53)27-18-52(19-27)29-10-13-34-35(17-29)44(60)55(43(34)59)36-14-15-37(57)49-42(36)58/h1-3,6-13,17,25,27-28,30-31,36,38,41H,4-5,14-16,18-24H2,(H2,46,47,48)(H,49,57,58). The van der Waals surface area contributed by atoms with E-state index < -0.39 is 29.7 Å². The maximum Gasteiger partial charge on any atom is 0.320 e. The molecule has 0 aliphatic carbocycles. The van der Waals surface area contributed by atoms with Crippen molar-refractivity contribution in [2.75, 3.05) is 57.3 Å². The van der Waals surface area contributed by atoms with E-state index in [-0.39, 0.29) is 48.1 Å². The summed E-state index contributed by atoms with van der Waals surface area (Å²) in [5, 5.41) is 9.58. The van der Waals surface area contributed by atoms with E-state index in [1.54, 1.807) is 18.5 Å². The summed E-state index contributed by atoms with van der Waals surface area (Å²) in [5.74, 6) is 0.590. The van der Waals surface area contributed by atoms with E-state index in [1.165, 1.54) is 0 Å². The van der Waals surface area contributed by atoms with Crippen molar-refractivity contribution in [3.05, 3.63) is 89.5 Å². The van der Waals surface area contributed by atoms with E-state index in [0.29, 0.717) is 36.8 Å². The second-order valence-corrected chi connectivity index (χ2v) is 17.7. The van der Waals surface area contributed by atoms with Gasteiger partial charge in [-0.1, -0.05) is 18.2 Å². The third-order valence-corrected chi connectivity index (χ3v) is 14.0. The highest BCUT2D eigenvalue weighted by atomic mass is 16.5. The van der Waals surface area contributed by atoms with Gasteiger partial charge in [0.25, 0.3) is 11.8 Å². The molecule has 0 bridgehead atoms. The first-order valence-electron chi connectivity index (χ1n) is 21.6. The number of nitrogens with zero attached hydrogens (tertiary/aromatic N) is 9. The zero-order valence-corrected chi connectivity index (χ0v) is 34.1. The maximum atomic E-state index is 13.5. The van der Waals surface area contributed by atoms with Crippen molar-refractivity contribution >= 4 is 53.2 Å². The Hall–Kier alpha value is -6.62. The Morgan fingerprint density at radius 2 is 1.50 bits per heavy atom.